The molecule has 1 aromatic heterocycles. The van der Waals surface area contributed by atoms with Crippen LogP contribution in [-0.4, -0.2) is 51.5 Å². The molecule has 41 heavy (non-hydrogen) atoms. The van der Waals surface area contributed by atoms with Gasteiger partial charge in [-0.1, -0.05) is 44.2 Å². The molecular weight excluding hydrogens is 527 g/mol. The number of aliphatic hydroxyl groups excluding tert-OH is 2. The highest BCUT2D eigenvalue weighted by atomic mass is 19.1. The molecule has 4 N–H and O–H groups in total. The zero-order chi connectivity index (χ0) is 29.7. The number of fused-ring (bicyclic) bond motifs is 3. The number of nitrogens with one attached hydrogen (secondary N) is 1. The van der Waals surface area contributed by atoms with Crippen molar-refractivity contribution >= 4 is 18.0 Å². The number of carbonyl (C=O) groups excluding carboxylic acids is 1. The van der Waals surface area contributed by atoms with E-state index in [1.807, 2.05) is 26.0 Å². The lowest BCUT2D eigenvalue weighted by Crippen LogP contribution is -2.21. The number of carboxylic acids is 1. The lowest BCUT2D eigenvalue weighted by Gasteiger charge is -2.22. The van der Waals surface area contributed by atoms with Crippen LogP contribution in [-0.2, 0) is 22.5 Å². The third-order valence-corrected chi connectivity index (χ3v) is 7.15. The van der Waals surface area contributed by atoms with E-state index in [0.717, 1.165) is 57.6 Å². The number of hydroxylamine groups is 1. The number of rotatable bonds is 10. The zero-order valence-corrected chi connectivity index (χ0v) is 23.4. The summed E-state index contributed by atoms with van der Waals surface area (Å²) in [6.07, 6.45) is 2.70. The van der Waals surface area contributed by atoms with Crippen LogP contribution in [0.5, 0.6) is 0 Å². The molecule has 0 spiro atoms. The minimum Gasteiger partial charge on any atom is -0.481 e. The van der Waals surface area contributed by atoms with Gasteiger partial charge in [0.25, 0.3) is 5.91 Å². The molecule has 0 unspecified atom stereocenters. The van der Waals surface area contributed by atoms with E-state index in [-0.39, 0.29) is 24.1 Å². The van der Waals surface area contributed by atoms with Gasteiger partial charge in [0.1, 0.15) is 5.82 Å². The van der Waals surface area contributed by atoms with E-state index in [9.17, 15) is 24.2 Å². The second-order valence-corrected chi connectivity index (χ2v) is 10.5. The smallest absolute Gasteiger partial charge is 0.305 e. The number of halogens is 1. The van der Waals surface area contributed by atoms with E-state index in [1.54, 1.807) is 24.3 Å². The SMILES string of the molecule is CONC(=O)c1ccc2c(c1)-c1nc(C(C)C)c(C=C[C@@H](O)C[C@@H](O)CC(=O)O)c(-c3ccc(F)cc3)c1CCC2. The number of carboxylic acid groups (broad SMARTS) is 1. The van der Waals surface area contributed by atoms with Crippen LogP contribution in [0.3, 0.4) is 0 Å². The van der Waals surface area contributed by atoms with Gasteiger partial charge in [-0.25, -0.2) is 9.87 Å². The molecule has 0 aliphatic heterocycles. The van der Waals surface area contributed by atoms with Crippen molar-refractivity contribution in [3.8, 4) is 22.4 Å². The Kier molecular flexibility index (Phi) is 9.65. The Bertz CT molecular complexity index is 1450. The molecule has 0 radical (unpaired) electrons. The lowest BCUT2D eigenvalue weighted by molar-refractivity contribution is -0.139. The molecule has 8 nitrogen and oxygen atoms in total. The first-order valence-corrected chi connectivity index (χ1v) is 13.6. The van der Waals surface area contributed by atoms with Crippen molar-refractivity contribution in [2.24, 2.45) is 0 Å². The number of aliphatic carboxylic acids is 1. The second-order valence-electron chi connectivity index (χ2n) is 10.5. The van der Waals surface area contributed by atoms with Crippen LogP contribution in [0.15, 0.2) is 48.5 Å². The quantitative estimate of drug-likeness (QED) is 0.254. The third-order valence-electron chi connectivity index (χ3n) is 7.15. The fourth-order valence-electron chi connectivity index (χ4n) is 5.29. The number of pyridine rings is 1. The normalized spacial score (nSPS) is 14.3. The highest BCUT2D eigenvalue weighted by Gasteiger charge is 2.26. The maximum absolute atomic E-state index is 14.0. The summed E-state index contributed by atoms with van der Waals surface area (Å²) in [5.41, 5.74) is 9.55. The van der Waals surface area contributed by atoms with Crippen LogP contribution in [0.4, 0.5) is 4.39 Å². The molecule has 0 saturated carbocycles. The van der Waals surface area contributed by atoms with Crippen molar-refractivity contribution in [2.75, 3.05) is 7.11 Å². The fourth-order valence-corrected chi connectivity index (χ4v) is 5.29. The molecule has 0 saturated heterocycles. The van der Waals surface area contributed by atoms with Gasteiger partial charge in [0, 0.05) is 23.1 Å². The van der Waals surface area contributed by atoms with Crippen molar-refractivity contribution < 1.29 is 34.1 Å². The molecule has 1 aliphatic rings. The van der Waals surface area contributed by atoms with Gasteiger partial charge in [0.2, 0.25) is 0 Å². The molecule has 4 rings (SSSR count). The van der Waals surface area contributed by atoms with Gasteiger partial charge in [0.15, 0.2) is 0 Å². The van der Waals surface area contributed by atoms with Gasteiger partial charge in [-0.2, -0.15) is 0 Å². The van der Waals surface area contributed by atoms with Crippen molar-refractivity contribution in [1.82, 2.24) is 10.5 Å². The fraction of sp³-hybridized carbons (Fsp3) is 0.344. The van der Waals surface area contributed by atoms with Crippen molar-refractivity contribution in [1.29, 1.82) is 0 Å². The van der Waals surface area contributed by atoms with Crippen LogP contribution < -0.4 is 5.48 Å². The van der Waals surface area contributed by atoms with Crippen LogP contribution in [0.2, 0.25) is 0 Å². The lowest BCUT2D eigenvalue weighted by atomic mass is 9.86. The molecule has 9 heteroatoms. The van der Waals surface area contributed by atoms with Crippen molar-refractivity contribution in [2.45, 2.75) is 64.1 Å². The summed E-state index contributed by atoms with van der Waals surface area (Å²) < 4.78 is 14.0. The maximum atomic E-state index is 14.0. The number of aromatic nitrogens is 1. The largest absolute Gasteiger partial charge is 0.481 e. The summed E-state index contributed by atoms with van der Waals surface area (Å²) in [5.74, 6) is -1.92. The predicted octanol–water partition coefficient (Wildman–Crippen LogP) is 5.06. The Morgan fingerprint density at radius 2 is 1.85 bits per heavy atom. The molecule has 0 fully saturated rings. The minimum atomic E-state index is -1.19. The first kappa shape index (κ1) is 30.0. The first-order valence-electron chi connectivity index (χ1n) is 13.6. The van der Waals surface area contributed by atoms with E-state index in [0.29, 0.717) is 12.0 Å². The number of hydrogen-bond donors (Lipinski definition) is 4. The molecule has 1 aliphatic carbocycles. The van der Waals surface area contributed by atoms with Gasteiger partial charge < -0.3 is 15.3 Å². The van der Waals surface area contributed by atoms with Gasteiger partial charge in [-0.3, -0.25) is 19.4 Å². The third kappa shape index (κ3) is 7.05. The van der Waals surface area contributed by atoms with E-state index in [2.05, 4.69) is 5.48 Å². The molecule has 216 valence electrons. The summed E-state index contributed by atoms with van der Waals surface area (Å²) in [5, 5.41) is 29.6. The van der Waals surface area contributed by atoms with E-state index in [1.165, 1.54) is 25.3 Å². The Labute approximate surface area is 238 Å². The molecule has 0 bridgehead atoms. The van der Waals surface area contributed by atoms with E-state index < -0.39 is 24.6 Å². The number of aryl methyl sites for hydroxylation is 1. The van der Waals surface area contributed by atoms with Crippen LogP contribution in [0.25, 0.3) is 28.5 Å². The minimum absolute atomic E-state index is 0.0411. The standard InChI is InChI=1S/C32H35FN2O6/c1-18(2)30-26(14-13-23(36)16-24(37)17-28(38)39)29(20-9-11-22(33)12-10-20)25-6-4-5-19-7-8-21(32(40)35-41-3)15-27(19)31(25)34-30/h7-15,18,23-24,36-37H,4-6,16-17H2,1-3H3,(H,35,40)(H,38,39)/t23-,24-/m1/s1. The number of carbonyl (C=O) groups is 2. The number of benzene rings is 2. The van der Waals surface area contributed by atoms with Crippen molar-refractivity contribution in [3.63, 3.8) is 0 Å². The maximum Gasteiger partial charge on any atom is 0.305 e. The van der Waals surface area contributed by atoms with Crippen LogP contribution >= 0.6 is 0 Å². The second kappa shape index (κ2) is 13.2. The molecule has 1 amide bonds. The average molecular weight is 563 g/mol. The Morgan fingerprint density at radius 3 is 2.51 bits per heavy atom. The number of aliphatic hydroxyl groups is 2. The highest BCUT2D eigenvalue weighted by molar-refractivity contribution is 5.95. The zero-order valence-electron chi connectivity index (χ0n) is 23.4. The Balaban J connectivity index is 1.93. The number of amides is 1. The van der Waals surface area contributed by atoms with Crippen molar-refractivity contribution in [3.05, 3.63) is 82.3 Å². The van der Waals surface area contributed by atoms with E-state index in [4.69, 9.17) is 14.9 Å². The number of nitrogens with zero attached hydrogens (tertiary/aromatic N) is 1. The van der Waals surface area contributed by atoms with Gasteiger partial charge >= 0.3 is 5.97 Å². The molecule has 2 atom stereocenters. The molecule has 1 heterocycles. The topological polar surface area (TPSA) is 129 Å². The summed E-state index contributed by atoms with van der Waals surface area (Å²) in [6, 6.07) is 11.8. The predicted molar refractivity (Wildman–Crippen MR) is 154 cm³/mol. The summed E-state index contributed by atoms with van der Waals surface area (Å²) in [4.78, 5) is 33.5. The van der Waals surface area contributed by atoms with Gasteiger partial charge in [-0.05, 0) is 71.7 Å². The monoisotopic (exact) mass is 562 g/mol. The van der Waals surface area contributed by atoms with E-state index >= 15 is 0 Å². The van der Waals surface area contributed by atoms with Crippen LogP contribution in [0, 0.1) is 5.82 Å². The highest BCUT2D eigenvalue weighted by Crippen LogP contribution is 2.42. The van der Waals surface area contributed by atoms with Crippen LogP contribution in [0.1, 0.15) is 71.8 Å². The first-order chi connectivity index (χ1) is 19.6. The molecular formula is C32H35FN2O6. The summed E-state index contributed by atoms with van der Waals surface area (Å²) in [7, 11) is 1.38. The number of hydrogen-bond acceptors (Lipinski definition) is 6. The Hall–Kier alpha value is -3.92. The average Bonchev–Trinajstić information content (AvgIpc) is 3.10. The summed E-state index contributed by atoms with van der Waals surface area (Å²) in [6.45, 7) is 4.02. The van der Waals surface area contributed by atoms with Gasteiger partial charge in [0.05, 0.1) is 37.1 Å². The molecule has 2 aromatic carbocycles. The van der Waals surface area contributed by atoms with Gasteiger partial charge in [-0.15, -0.1) is 0 Å². The molecule has 3 aromatic rings. The Morgan fingerprint density at radius 1 is 1.12 bits per heavy atom. The summed E-state index contributed by atoms with van der Waals surface area (Å²) >= 11 is 0.